The van der Waals surface area contributed by atoms with Gasteiger partial charge < -0.3 is 20.0 Å². The van der Waals surface area contributed by atoms with Gasteiger partial charge in [-0.1, -0.05) is 6.92 Å². The van der Waals surface area contributed by atoms with Crippen molar-refractivity contribution in [2.24, 2.45) is 11.8 Å². The first-order valence-electron chi connectivity index (χ1n) is 8.60. The summed E-state index contributed by atoms with van der Waals surface area (Å²) >= 11 is 0. The zero-order chi connectivity index (χ0) is 17.8. The third kappa shape index (κ3) is 2.55. The summed E-state index contributed by atoms with van der Waals surface area (Å²) in [5, 5.41) is 19.5. The number of aliphatic carboxylic acids is 1. The molecule has 3 aliphatic rings. The maximum absolute atomic E-state index is 12.3. The Morgan fingerprint density at radius 2 is 2.08 bits per heavy atom. The van der Waals surface area contributed by atoms with Crippen molar-refractivity contribution in [3.8, 4) is 0 Å². The number of amides is 1. The van der Waals surface area contributed by atoms with Crippen molar-refractivity contribution in [3.63, 3.8) is 0 Å². The van der Waals surface area contributed by atoms with Crippen LogP contribution in [0.1, 0.15) is 20.3 Å². The van der Waals surface area contributed by atoms with Crippen LogP contribution in [0.4, 0.5) is 0 Å². The number of hydrogen-bond donors (Lipinski definition) is 2. The van der Waals surface area contributed by atoms with E-state index >= 15 is 0 Å². The van der Waals surface area contributed by atoms with Gasteiger partial charge in [0.1, 0.15) is 5.70 Å². The van der Waals surface area contributed by atoms with Crippen molar-refractivity contribution < 1.29 is 19.8 Å². The summed E-state index contributed by atoms with van der Waals surface area (Å²) in [5.74, 6) is -1.83. The number of hydrogen-bond acceptors (Lipinski definition) is 5. The number of β-lactam (4-membered cyclic amide) rings is 1. The molecule has 0 saturated carbocycles. The minimum absolute atomic E-state index is 0.0354. The van der Waals surface area contributed by atoms with E-state index in [1.807, 2.05) is 6.92 Å². The molecule has 7 nitrogen and oxygen atoms in total. The third-order valence-electron chi connectivity index (χ3n) is 5.89. The van der Waals surface area contributed by atoms with Crippen LogP contribution in [0.15, 0.2) is 11.3 Å². The number of carboxylic acid groups (broad SMARTS) is 1. The van der Waals surface area contributed by atoms with E-state index in [1.165, 1.54) is 4.90 Å². The molecule has 0 bridgehead atoms. The normalized spacial score (nSPS) is 34.8. The number of aliphatic hydroxyl groups is 1. The van der Waals surface area contributed by atoms with Crippen molar-refractivity contribution in [1.82, 2.24) is 14.7 Å². The van der Waals surface area contributed by atoms with E-state index in [1.54, 1.807) is 6.92 Å². The fourth-order valence-corrected chi connectivity index (χ4v) is 4.47. The van der Waals surface area contributed by atoms with Gasteiger partial charge in [0.2, 0.25) is 5.91 Å². The van der Waals surface area contributed by atoms with Crippen molar-refractivity contribution >= 4 is 11.9 Å². The zero-order valence-corrected chi connectivity index (χ0v) is 14.8. The maximum Gasteiger partial charge on any atom is 0.352 e. The van der Waals surface area contributed by atoms with Gasteiger partial charge in [0, 0.05) is 31.6 Å². The van der Waals surface area contributed by atoms with Crippen molar-refractivity contribution in [3.05, 3.63) is 11.3 Å². The summed E-state index contributed by atoms with van der Waals surface area (Å²) < 4.78 is 0. The van der Waals surface area contributed by atoms with Gasteiger partial charge >= 0.3 is 5.97 Å². The number of carbonyl (C=O) groups is 2. The lowest BCUT2D eigenvalue weighted by atomic mass is 9.77. The molecule has 0 radical (unpaired) electrons. The van der Waals surface area contributed by atoms with Gasteiger partial charge in [-0.15, -0.1) is 0 Å². The summed E-state index contributed by atoms with van der Waals surface area (Å²) in [6.45, 7) is 6.01. The number of likely N-dealkylation sites (N-methyl/N-ethyl adjacent to an activating group) is 1. The summed E-state index contributed by atoms with van der Waals surface area (Å²) in [6.07, 6.45) is 0.319. The maximum atomic E-state index is 12.3. The smallest absolute Gasteiger partial charge is 0.352 e. The van der Waals surface area contributed by atoms with Crippen LogP contribution >= 0.6 is 0 Å². The van der Waals surface area contributed by atoms with Gasteiger partial charge in [-0.3, -0.25) is 9.69 Å². The van der Waals surface area contributed by atoms with Gasteiger partial charge in [0.15, 0.2) is 0 Å². The Kier molecular flexibility index (Phi) is 4.44. The molecule has 0 aromatic rings. The number of likely N-dealkylation sites (tertiary alicyclic amines) is 1. The van der Waals surface area contributed by atoms with Crippen LogP contribution in [0.25, 0.3) is 0 Å². The van der Waals surface area contributed by atoms with Crippen LogP contribution in [0.2, 0.25) is 0 Å². The summed E-state index contributed by atoms with van der Waals surface area (Å²) in [6, 6.07) is 0.269. The van der Waals surface area contributed by atoms with E-state index in [0.717, 1.165) is 25.1 Å². The number of carbonyl (C=O) groups excluding carboxylic acids is 1. The minimum atomic E-state index is -1.04. The number of nitrogens with zero attached hydrogens (tertiary/aromatic N) is 3. The van der Waals surface area contributed by atoms with E-state index in [-0.39, 0.29) is 23.6 Å². The molecule has 0 unspecified atom stereocenters. The average Bonchev–Trinajstić information content (AvgIpc) is 3.03. The van der Waals surface area contributed by atoms with Crippen molar-refractivity contribution in [1.29, 1.82) is 0 Å². The molecular formula is C17H27N3O4. The first-order chi connectivity index (χ1) is 11.2. The molecule has 0 aromatic heterocycles. The predicted octanol–water partition coefficient (Wildman–Crippen LogP) is -0.181. The first kappa shape index (κ1) is 17.4. The molecule has 7 heteroatoms. The van der Waals surface area contributed by atoms with Crippen LogP contribution in [-0.4, -0.2) is 88.7 Å². The van der Waals surface area contributed by atoms with E-state index in [9.17, 15) is 19.8 Å². The number of carboxylic acids is 1. The second-order valence-corrected chi connectivity index (χ2v) is 7.57. The van der Waals surface area contributed by atoms with Crippen LogP contribution in [-0.2, 0) is 9.59 Å². The summed E-state index contributed by atoms with van der Waals surface area (Å²) in [5.41, 5.74) is 0.964. The average molecular weight is 337 g/mol. The van der Waals surface area contributed by atoms with Gasteiger partial charge in [0.25, 0.3) is 0 Å². The lowest BCUT2D eigenvalue weighted by Gasteiger charge is -2.46. The molecule has 3 heterocycles. The molecule has 134 valence electrons. The number of fused-ring (bicyclic) bond motifs is 1. The largest absolute Gasteiger partial charge is 0.477 e. The SMILES string of the molecule is C[C@@H](O)[C@H]1C(=O)N2C(C(=O)O)=C(CN3CC[C@H](N(C)C)C3)[C@H](C)[C@H]12. The molecule has 3 rings (SSSR count). The fraction of sp³-hybridized carbons (Fsp3) is 0.765. The lowest BCUT2D eigenvalue weighted by molar-refractivity contribution is -0.163. The van der Waals surface area contributed by atoms with E-state index < -0.39 is 18.0 Å². The minimum Gasteiger partial charge on any atom is -0.477 e. The van der Waals surface area contributed by atoms with Crippen LogP contribution in [0.5, 0.6) is 0 Å². The van der Waals surface area contributed by atoms with E-state index in [0.29, 0.717) is 12.6 Å². The van der Waals surface area contributed by atoms with E-state index in [4.69, 9.17) is 0 Å². The van der Waals surface area contributed by atoms with Crippen LogP contribution in [0.3, 0.4) is 0 Å². The summed E-state index contributed by atoms with van der Waals surface area (Å²) in [7, 11) is 4.12. The van der Waals surface area contributed by atoms with Gasteiger partial charge in [-0.2, -0.15) is 0 Å². The molecule has 0 spiro atoms. The molecule has 2 fully saturated rings. The molecule has 5 atom stereocenters. The predicted molar refractivity (Wildman–Crippen MR) is 88.2 cm³/mol. The van der Waals surface area contributed by atoms with Crippen molar-refractivity contribution in [2.75, 3.05) is 33.7 Å². The molecule has 0 aromatic carbocycles. The van der Waals surface area contributed by atoms with E-state index in [2.05, 4.69) is 23.9 Å². The Morgan fingerprint density at radius 3 is 2.58 bits per heavy atom. The second-order valence-electron chi connectivity index (χ2n) is 7.57. The molecule has 3 aliphatic heterocycles. The molecule has 0 aliphatic carbocycles. The standard InChI is InChI=1S/C17H27N3O4/c1-9-12(8-19-6-5-11(7-19)18(3)4)15(17(23)24)20-14(9)13(10(2)21)16(20)22/h9-11,13-14,21H,5-8H2,1-4H3,(H,23,24)/t9-,10+,11-,13+,14+/m0/s1. The Hall–Kier alpha value is -1.44. The topological polar surface area (TPSA) is 84.3 Å². The van der Waals surface area contributed by atoms with Crippen molar-refractivity contribution in [2.45, 2.75) is 38.5 Å². The molecule has 1 amide bonds. The quantitative estimate of drug-likeness (QED) is 0.677. The Morgan fingerprint density at radius 1 is 1.42 bits per heavy atom. The van der Waals surface area contributed by atoms with Gasteiger partial charge in [0.05, 0.1) is 18.1 Å². The second kappa shape index (κ2) is 6.13. The van der Waals surface area contributed by atoms with Crippen LogP contribution < -0.4 is 0 Å². The third-order valence-corrected chi connectivity index (χ3v) is 5.89. The highest BCUT2D eigenvalue weighted by Gasteiger charge is 2.59. The highest BCUT2D eigenvalue weighted by Crippen LogP contribution is 2.47. The molecule has 24 heavy (non-hydrogen) atoms. The number of aliphatic hydroxyl groups excluding tert-OH is 1. The zero-order valence-electron chi connectivity index (χ0n) is 14.8. The Bertz CT molecular complexity index is 586. The Balaban J connectivity index is 1.81. The van der Waals surface area contributed by atoms with Crippen LogP contribution in [0, 0.1) is 11.8 Å². The lowest BCUT2D eigenvalue weighted by Crippen LogP contribution is -2.63. The molecular weight excluding hydrogens is 310 g/mol. The number of rotatable bonds is 5. The van der Waals surface area contributed by atoms with Gasteiger partial charge in [-0.05, 0) is 33.0 Å². The highest BCUT2D eigenvalue weighted by atomic mass is 16.4. The summed E-state index contributed by atoms with van der Waals surface area (Å²) in [4.78, 5) is 30.0. The monoisotopic (exact) mass is 337 g/mol. The highest BCUT2D eigenvalue weighted by molar-refractivity contribution is 6.00. The van der Waals surface area contributed by atoms with Gasteiger partial charge in [-0.25, -0.2) is 4.79 Å². The molecule has 2 N–H and O–H groups in total. The Labute approximate surface area is 142 Å². The first-order valence-corrected chi connectivity index (χ1v) is 8.60. The fourth-order valence-electron chi connectivity index (χ4n) is 4.47. The molecule has 2 saturated heterocycles.